The molecule has 1 atom stereocenters. The normalized spacial score (nSPS) is 24.6. The molecule has 2 rings (SSSR count). The van der Waals surface area contributed by atoms with E-state index in [2.05, 4.69) is 20.9 Å². The molecule has 0 bridgehead atoms. The molecule has 0 aromatic heterocycles. The van der Waals surface area contributed by atoms with Crippen molar-refractivity contribution in [1.82, 2.24) is 20.9 Å². The van der Waals surface area contributed by atoms with E-state index >= 15 is 0 Å². The standard InChI is InChI=1S/C14H26N4O2/c1-2-16-13(19)10-17-14(20)12-4-3-9-18(12)11-5-7-15-8-6-11/h11-12,15H,2-10H2,1H3,(H,16,19)(H,17,20). The smallest absolute Gasteiger partial charge is 0.239 e. The van der Waals surface area contributed by atoms with Crippen LogP contribution in [0.3, 0.4) is 0 Å². The topological polar surface area (TPSA) is 73.5 Å². The number of likely N-dealkylation sites (tertiary alicyclic amines) is 1. The van der Waals surface area contributed by atoms with Gasteiger partial charge in [-0.25, -0.2) is 0 Å². The number of nitrogens with one attached hydrogen (secondary N) is 3. The maximum atomic E-state index is 12.3. The molecule has 0 aromatic rings. The van der Waals surface area contributed by atoms with E-state index in [0.29, 0.717) is 12.6 Å². The highest BCUT2D eigenvalue weighted by atomic mass is 16.2. The Morgan fingerprint density at radius 2 is 1.95 bits per heavy atom. The van der Waals surface area contributed by atoms with Gasteiger partial charge in [0.1, 0.15) is 0 Å². The summed E-state index contributed by atoms with van der Waals surface area (Å²) in [4.78, 5) is 26.0. The first-order chi connectivity index (χ1) is 9.72. The Morgan fingerprint density at radius 1 is 1.20 bits per heavy atom. The molecule has 0 saturated carbocycles. The SMILES string of the molecule is CCNC(=O)CNC(=O)C1CCCN1C1CCNCC1. The van der Waals surface area contributed by atoms with E-state index in [1.54, 1.807) is 0 Å². The lowest BCUT2D eigenvalue weighted by molar-refractivity contribution is -0.129. The van der Waals surface area contributed by atoms with Crippen LogP contribution in [0.5, 0.6) is 0 Å². The number of hydrogen-bond acceptors (Lipinski definition) is 4. The van der Waals surface area contributed by atoms with Gasteiger partial charge in [0.15, 0.2) is 0 Å². The fraction of sp³-hybridized carbons (Fsp3) is 0.857. The fourth-order valence-corrected chi connectivity index (χ4v) is 3.19. The number of nitrogens with zero attached hydrogens (tertiary/aromatic N) is 1. The first-order valence-corrected chi connectivity index (χ1v) is 7.73. The average Bonchev–Trinajstić information content (AvgIpc) is 2.95. The Kier molecular flexibility index (Phi) is 5.79. The lowest BCUT2D eigenvalue weighted by atomic mass is 10.0. The Balaban J connectivity index is 1.82. The fourth-order valence-electron chi connectivity index (χ4n) is 3.19. The van der Waals surface area contributed by atoms with Crippen LogP contribution in [-0.2, 0) is 9.59 Å². The lowest BCUT2D eigenvalue weighted by Crippen LogP contribution is -2.51. The van der Waals surface area contributed by atoms with Gasteiger partial charge in [-0.05, 0) is 52.2 Å². The molecule has 2 heterocycles. The van der Waals surface area contributed by atoms with E-state index in [9.17, 15) is 9.59 Å². The summed E-state index contributed by atoms with van der Waals surface area (Å²) < 4.78 is 0. The predicted molar refractivity (Wildman–Crippen MR) is 77.3 cm³/mol. The molecule has 0 radical (unpaired) electrons. The highest BCUT2D eigenvalue weighted by molar-refractivity contribution is 5.87. The van der Waals surface area contributed by atoms with Gasteiger partial charge in [-0.1, -0.05) is 0 Å². The van der Waals surface area contributed by atoms with Gasteiger partial charge < -0.3 is 16.0 Å². The summed E-state index contributed by atoms with van der Waals surface area (Å²) in [5.41, 5.74) is 0. The van der Waals surface area contributed by atoms with Crippen LogP contribution in [0.15, 0.2) is 0 Å². The Hall–Kier alpha value is -1.14. The van der Waals surface area contributed by atoms with Gasteiger partial charge in [0.2, 0.25) is 11.8 Å². The van der Waals surface area contributed by atoms with Crippen molar-refractivity contribution in [3.05, 3.63) is 0 Å². The number of likely N-dealkylation sites (N-methyl/N-ethyl adjacent to an activating group) is 1. The molecule has 6 nitrogen and oxygen atoms in total. The summed E-state index contributed by atoms with van der Waals surface area (Å²) in [5.74, 6) is -0.112. The van der Waals surface area contributed by atoms with E-state index in [1.807, 2.05) is 6.92 Å². The second kappa shape index (κ2) is 7.59. The van der Waals surface area contributed by atoms with Crippen molar-refractivity contribution in [2.45, 2.75) is 44.7 Å². The Morgan fingerprint density at radius 3 is 2.65 bits per heavy atom. The van der Waals surface area contributed by atoms with Crippen LogP contribution in [0.25, 0.3) is 0 Å². The molecule has 2 aliphatic rings. The van der Waals surface area contributed by atoms with Gasteiger partial charge in [0.05, 0.1) is 12.6 Å². The Bertz CT molecular complexity index is 342. The third kappa shape index (κ3) is 3.93. The monoisotopic (exact) mass is 282 g/mol. The number of hydrogen-bond donors (Lipinski definition) is 3. The molecule has 3 N–H and O–H groups in total. The largest absolute Gasteiger partial charge is 0.355 e. The molecular formula is C14H26N4O2. The molecule has 2 amide bonds. The van der Waals surface area contributed by atoms with Crippen molar-refractivity contribution in [2.24, 2.45) is 0 Å². The molecule has 6 heteroatoms. The van der Waals surface area contributed by atoms with Gasteiger partial charge in [-0.2, -0.15) is 0 Å². The summed E-state index contributed by atoms with van der Waals surface area (Å²) in [6.45, 7) is 5.63. The summed E-state index contributed by atoms with van der Waals surface area (Å²) in [7, 11) is 0. The van der Waals surface area contributed by atoms with Gasteiger partial charge >= 0.3 is 0 Å². The molecule has 0 aliphatic carbocycles. The highest BCUT2D eigenvalue weighted by Crippen LogP contribution is 2.24. The van der Waals surface area contributed by atoms with E-state index in [0.717, 1.165) is 45.3 Å². The van der Waals surface area contributed by atoms with Crippen molar-refractivity contribution in [3.63, 3.8) is 0 Å². The first-order valence-electron chi connectivity index (χ1n) is 7.73. The maximum absolute atomic E-state index is 12.3. The van der Waals surface area contributed by atoms with Gasteiger partial charge in [0.25, 0.3) is 0 Å². The number of amides is 2. The Labute approximate surface area is 120 Å². The van der Waals surface area contributed by atoms with Crippen LogP contribution >= 0.6 is 0 Å². The van der Waals surface area contributed by atoms with Crippen molar-refractivity contribution in [2.75, 3.05) is 32.7 Å². The van der Waals surface area contributed by atoms with E-state index in [1.165, 1.54) is 0 Å². The highest BCUT2D eigenvalue weighted by Gasteiger charge is 2.35. The van der Waals surface area contributed by atoms with E-state index < -0.39 is 0 Å². The molecule has 20 heavy (non-hydrogen) atoms. The first kappa shape index (κ1) is 15.3. The number of piperidine rings is 1. The van der Waals surface area contributed by atoms with Crippen LogP contribution in [0.1, 0.15) is 32.6 Å². The summed E-state index contributed by atoms with van der Waals surface area (Å²) in [6.07, 6.45) is 4.20. The molecule has 0 aromatic carbocycles. The summed E-state index contributed by atoms with van der Waals surface area (Å²) in [6, 6.07) is 0.464. The minimum Gasteiger partial charge on any atom is -0.355 e. The minimum absolute atomic E-state index is 0.00675. The third-order valence-electron chi connectivity index (χ3n) is 4.17. The zero-order valence-electron chi connectivity index (χ0n) is 12.3. The van der Waals surface area contributed by atoms with Gasteiger partial charge in [-0.15, -0.1) is 0 Å². The molecule has 114 valence electrons. The molecule has 0 spiro atoms. The zero-order valence-corrected chi connectivity index (χ0v) is 12.3. The predicted octanol–water partition coefficient (Wildman–Crippen LogP) is -0.545. The van der Waals surface area contributed by atoms with Gasteiger partial charge in [-0.3, -0.25) is 14.5 Å². The molecule has 2 saturated heterocycles. The average molecular weight is 282 g/mol. The maximum Gasteiger partial charge on any atom is 0.239 e. The number of carbonyl (C=O) groups is 2. The van der Waals surface area contributed by atoms with Crippen LogP contribution in [-0.4, -0.2) is 61.5 Å². The molecule has 2 aliphatic heterocycles. The number of carbonyl (C=O) groups excluding carboxylic acids is 2. The van der Waals surface area contributed by atoms with Crippen molar-refractivity contribution >= 4 is 11.8 Å². The van der Waals surface area contributed by atoms with Crippen molar-refractivity contribution < 1.29 is 9.59 Å². The minimum atomic E-state index is -0.118. The van der Waals surface area contributed by atoms with E-state index in [4.69, 9.17) is 0 Å². The van der Waals surface area contributed by atoms with Crippen molar-refractivity contribution in [1.29, 1.82) is 0 Å². The summed E-state index contributed by atoms with van der Waals surface area (Å²) in [5, 5.41) is 8.82. The molecule has 1 unspecified atom stereocenters. The lowest BCUT2D eigenvalue weighted by Gasteiger charge is -2.35. The van der Waals surface area contributed by atoms with Crippen LogP contribution in [0.2, 0.25) is 0 Å². The van der Waals surface area contributed by atoms with Gasteiger partial charge in [0, 0.05) is 12.6 Å². The quantitative estimate of drug-likeness (QED) is 0.633. The van der Waals surface area contributed by atoms with E-state index in [-0.39, 0.29) is 24.4 Å². The molecule has 2 fully saturated rings. The second-order valence-corrected chi connectivity index (χ2v) is 5.55. The second-order valence-electron chi connectivity index (χ2n) is 5.55. The van der Waals surface area contributed by atoms with Crippen LogP contribution in [0, 0.1) is 0 Å². The zero-order chi connectivity index (χ0) is 14.4. The summed E-state index contributed by atoms with van der Waals surface area (Å²) >= 11 is 0. The third-order valence-corrected chi connectivity index (χ3v) is 4.17. The van der Waals surface area contributed by atoms with Crippen molar-refractivity contribution in [3.8, 4) is 0 Å². The van der Waals surface area contributed by atoms with Crippen LogP contribution < -0.4 is 16.0 Å². The van der Waals surface area contributed by atoms with Crippen LogP contribution in [0.4, 0.5) is 0 Å². The number of rotatable bonds is 5. The molecular weight excluding hydrogens is 256 g/mol.